The molecule has 2 aromatic carbocycles. The van der Waals surface area contributed by atoms with Gasteiger partial charge in [-0.1, -0.05) is 36.4 Å². The van der Waals surface area contributed by atoms with Crippen LogP contribution in [-0.4, -0.2) is 6.61 Å². The van der Waals surface area contributed by atoms with E-state index in [-0.39, 0.29) is 6.04 Å². The quantitative estimate of drug-likeness (QED) is 0.874. The molecule has 2 heteroatoms. The molecular formula is C17H19NO. The zero-order valence-corrected chi connectivity index (χ0v) is 11.4. The molecule has 0 amide bonds. The molecule has 0 saturated carbocycles. The maximum Gasteiger partial charge on any atom is 0.0751 e. The number of benzene rings is 2. The van der Waals surface area contributed by atoms with E-state index in [9.17, 15) is 0 Å². The summed E-state index contributed by atoms with van der Waals surface area (Å²) in [5, 5.41) is 3.62. The van der Waals surface area contributed by atoms with E-state index in [0.29, 0.717) is 0 Å². The fourth-order valence-corrected chi connectivity index (χ4v) is 2.58. The molecule has 1 heterocycles. The first-order valence-electron chi connectivity index (χ1n) is 6.73. The fourth-order valence-electron chi connectivity index (χ4n) is 2.58. The standard InChI is InChI=1S/C17H19NO/c1-12-7-8-13(2)16(9-12)18-17-11-19-10-14-5-3-4-6-15(14)17/h3-9,17-18H,10-11H2,1-2H3. The average molecular weight is 253 g/mol. The molecule has 2 aromatic rings. The van der Waals surface area contributed by atoms with Crippen LogP contribution in [0.4, 0.5) is 5.69 Å². The predicted octanol–water partition coefficient (Wildman–Crippen LogP) is 3.99. The van der Waals surface area contributed by atoms with E-state index in [4.69, 9.17) is 4.74 Å². The summed E-state index contributed by atoms with van der Waals surface area (Å²) >= 11 is 0. The highest BCUT2D eigenvalue weighted by Crippen LogP contribution is 2.29. The third-order valence-electron chi connectivity index (χ3n) is 3.70. The minimum Gasteiger partial charge on any atom is -0.376 e. The van der Waals surface area contributed by atoms with E-state index in [1.807, 2.05) is 0 Å². The summed E-state index contributed by atoms with van der Waals surface area (Å²) in [7, 11) is 0. The van der Waals surface area contributed by atoms with Gasteiger partial charge in [0.05, 0.1) is 19.3 Å². The molecule has 0 aliphatic carbocycles. The average Bonchev–Trinajstić information content (AvgIpc) is 2.43. The lowest BCUT2D eigenvalue weighted by Crippen LogP contribution is -2.23. The Morgan fingerprint density at radius 1 is 1.11 bits per heavy atom. The maximum atomic E-state index is 5.69. The molecule has 0 saturated heterocycles. The number of anilines is 1. The first kappa shape index (κ1) is 12.2. The first-order chi connectivity index (χ1) is 9.24. The Hall–Kier alpha value is -1.80. The topological polar surface area (TPSA) is 21.3 Å². The summed E-state index contributed by atoms with van der Waals surface area (Å²) in [4.78, 5) is 0. The summed E-state index contributed by atoms with van der Waals surface area (Å²) in [6.07, 6.45) is 0. The number of nitrogens with one attached hydrogen (secondary N) is 1. The number of hydrogen-bond donors (Lipinski definition) is 1. The molecule has 0 bridgehead atoms. The van der Waals surface area contributed by atoms with Gasteiger partial charge in [0.2, 0.25) is 0 Å². The summed E-state index contributed by atoms with van der Waals surface area (Å²) in [6.45, 7) is 5.71. The maximum absolute atomic E-state index is 5.69. The van der Waals surface area contributed by atoms with Crippen LogP contribution >= 0.6 is 0 Å². The fraction of sp³-hybridized carbons (Fsp3) is 0.294. The van der Waals surface area contributed by atoms with Gasteiger partial charge in [0.25, 0.3) is 0 Å². The van der Waals surface area contributed by atoms with Gasteiger partial charge in [-0.05, 0) is 42.2 Å². The number of ether oxygens (including phenoxy) is 1. The Balaban J connectivity index is 1.90. The van der Waals surface area contributed by atoms with Crippen molar-refractivity contribution in [2.45, 2.75) is 26.5 Å². The van der Waals surface area contributed by atoms with Crippen LogP contribution in [0.5, 0.6) is 0 Å². The zero-order valence-electron chi connectivity index (χ0n) is 11.4. The molecule has 0 fully saturated rings. The van der Waals surface area contributed by atoms with E-state index < -0.39 is 0 Å². The van der Waals surface area contributed by atoms with Crippen LogP contribution in [0.2, 0.25) is 0 Å². The van der Waals surface area contributed by atoms with E-state index in [1.165, 1.54) is 27.9 Å². The van der Waals surface area contributed by atoms with Crippen LogP contribution < -0.4 is 5.32 Å². The van der Waals surface area contributed by atoms with Gasteiger partial charge in [-0.25, -0.2) is 0 Å². The smallest absolute Gasteiger partial charge is 0.0751 e. The minimum atomic E-state index is 0.241. The van der Waals surface area contributed by atoms with Gasteiger partial charge in [-0.15, -0.1) is 0 Å². The van der Waals surface area contributed by atoms with Gasteiger partial charge in [-0.2, -0.15) is 0 Å². The van der Waals surface area contributed by atoms with Crippen molar-refractivity contribution >= 4 is 5.69 Å². The van der Waals surface area contributed by atoms with E-state index in [1.54, 1.807) is 0 Å². The van der Waals surface area contributed by atoms with Gasteiger partial charge in [0.1, 0.15) is 0 Å². The summed E-state index contributed by atoms with van der Waals surface area (Å²) in [6, 6.07) is 15.3. The monoisotopic (exact) mass is 253 g/mol. The second-order valence-electron chi connectivity index (χ2n) is 5.23. The molecule has 0 aromatic heterocycles. The molecule has 19 heavy (non-hydrogen) atoms. The van der Waals surface area contributed by atoms with Crippen molar-refractivity contribution in [2.24, 2.45) is 0 Å². The van der Waals surface area contributed by atoms with Crippen LogP contribution in [0, 0.1) is 13.8 Å². The zero-order chi connectivity index (χ0) is 13.2. The van der Waals surface area contributed by atoms with Crippen molar-refractivity contribution in [1.29, 1.82) is 0 Å². The first-order valence-corrected chi connectivity index (χ1v) is 6.73. The highest BCUT2D eigenvalue weighted by Gasteiger charge is 2.20. The third kappa shape index (κ3) is 2.49. The Morgan fingerprint density at radius 3 is 2.84 bits per heavy atom. The molecular weight excluding hydrogens is 234 g/mol. The largest absolute Gasteiger partial charge is 0.376 e. The molecule has 2 nitrogen and oxygen atoms in total. The Bertz CT molecular complexity index is 592. The van der Waals surface area contributed by atoms with Crippen molar-refractivity contribution in [3.63, 3.8) is 0 Å². The van der Waals surface area contributed by atoms with Crippen LogP contribution in [0.15, 0.2) is 42.5 Å². The number of hydrogen-bond acceptors (Lipinski definition) is 2. The molecule has 0 radical (unpaired) electrons. The van der Waals surface area contributed by atoms with Crippen molar-refractivity contribution in [3.05, 3.63) is 64.7 Å². The summed E-state index contributed by atoms with van der Waals surface area (Å²) in [5.41, 5.74) is 6.39. The van der Waals surface area contributed by atoms with E-state index in [0.717, 1.165) is 13.2 Å². The molecule has 1 unspecified atom stereocenters. The molecule has 3 rings (SSSR count). The van der Waals surface area contributed by atoms with Gasteiger partial charge < -0.3 is 10.1 Å². The lowest BCUT2D eigenvalue weighted by Gasteiger charge is -2.28. The second kappa shape index (κ2) is 5.06. The Morgan fingerprint density at radius 2 is 1.95 bits per heavy atom. The molecule has 1 aliphatic heterocycles. The third-order valence-corrected chi connectivity index (χ3v) is 3.70. The van der Waals surface area contributed by atoms with Gasteiger partial charge in [-0.3, -0.25) is 0 Å². The van der Waals surface area contributed by atoms with Gasteiger partial charge >= 0.3 is 0 Å². The van der Waals surface area contributed by atoms with Crippen LogP contribution in [-0.2, 0) is 11.3 Å². The summed E-state index contributed by atoms with van der Waals surface area (Å²) in [5.74, 6) is 0. The van der Waals surface area contributed by atoms with Crippen LogP contribution in [0.3, 0.4) is 0 Å². The lowest BCUT2D eigenvalue weighted by atomic mass is 9.98. The normalized spacial score (nSPS) is 17.9. The van der Waals surface area contributed by atoms with Crippen LogP contribution in [0.25, 0.3) is 0 Å². The number of aryl methyl sites for hydroxylation is 2. The Labute approximate surface area is 114 Å². The van der Waals surface area contributed by atoms with E-state index >= 15 is 0 Å². The SMILES string of the molecule is Cc1ccc(C)c(NC2COCc3ccccc32)c1. The number of fused-ring (bicyclic) bond motifs is 1. The Kier molecular flexibility index (Phi) is 3.26. The van der Waals surface area contributed by atoms with Gasteiger partial charge in [0, 0.05) is 5.69 Å². The molecule has 1 atom stereocenters. The highest BCUT2D eigenvalue weighted by molar-refractivity contribution is 5.54. The van der Waals surface area contributed by atoms with Crippen molar-refractivity contribution < 1.29 is 4.74 Å². The number of rotatable bonds is 2. The molecule has 98 valence electrons. The summed E-state index contributed by atoms with van der Waals surface area (Å²) < 4.78 is 5.69. The predicted molar refractivity (Wildman–Crippen MR) is 78.4 cm³/mol. The van der Waals surface area contributed by atoms with Crippen molar-refractivity contribution in [3.8, 4) is 0 Å². The molecule has 1 aliphatic rings. The van der Waals surface area contributed by atoms with Crippen molar-refractivity contribution in [1.82, 2.24) is 0 Å². The van der Waals surface area contributed by atoms with Crippen molar-refractivity contribution in [2.75, 3.05) is 11.9 Å². The van der Waals surface area contributed by atoms with Gasteiger partial charge in [0.15, 0.2) is 0 Å². The van der Waals surface area contributed by atoms with E-state index in [2.05, 4.69) is 61.6 Å². The molecule has 0 spiro atoms. The second-order valence-corrected chi connectivity index (χ2v) is 5.23. The van der Waals surface area contributed by atoms with Crippen LogP contribution in [0.1, 0.15) is 28.3 Å². The minimum absolute atomic E-state index is 0.241. The highest BCUT2D eigenvalue weighted by atomic mass is 16.5. The lowest BCUT2D eigenvalue weighted by molar-refractivity contribution is 0.0970. The molecule has 1 N–H and O–H groups in total.